The van der Waals surface area contributed by atoms with Crippen molar-refractivity contribution in [2.75, 3.05) is 20.8 Å². The summed E-state index contributed by atoms with van der Waals surface area (Å²) in [5, 5.41) is 3.27. The molecule has 1 atom stereocenters. The van der Waals surface area contributed by atoms with Gasteiger partial charge in [-0.1, -0.05) is 13.0 Å². The van der Waals surface area contributed by atoms with Crippen molar-refractivity contribution in [3.8, 4) is 11.5 Å². The van der Waals surface area contributed by atoms with Crippen LogP contribution in [0.1, 0.15) is 31.9 Å². The van der Waals surface area contributed by atoms with Gasteiger partial charge in [0.15, 0.2) is 11.5 Å². The second kappa shape index (κ2) is 6.38. The lowest BCUT2D eigenvalue weighted by molar-refractivity contribution is 0.310. The minimum atomic E-state index is 0.365. The van der Waals surface area contributed by atoms with Gasteiger partial charge in [-0.05, 0) is 38.1 Å². The Balaban J connectivity index is 2.98. The zero-order chi connectivity index (χ0) is 12.0. The molecule has 0 radical (unpaired) electrons. The number of hydrogen-bond acceptors (Lipinski definition) is 3. The highest BCUT2D eigenvalue weighted by atomic mass is 16.5. The summed E-state index contributed by atoms with van der Waals surface area (Å²) in [5.74, 6) is 1.60. The third-order valence-corrected chi connectivity index (χ3v) is 2.65. The molecule has 1 aromatic rings. The summed E-state index contributed by atoms with van der Waals surface area (Å²) in [6.45, 7) is 4.78. The Hall–Kier alpha value is -1.22. The van der Waals surface area contributed by atoms with Gasteiger partial charge in [-0.2, -0.15) is 0 Å². The molecule has 0 aliphatic carbocycles. The van der Waals surface area contributed by atoms with Crippen LogP contribution in [0.5, 0.6) is 11.5 Å². The van der Waals surface area contributed by atoms with E-state index in [1.807, 2.05) is 26.1 Å². The molecule has 1 aromatic carbocycles. The zero-order valence-electron chi connectivity index (χ0n) is 10.5. The zero-order valence-corrected chi connectivity index (χ0v) is 10.5. The van der Waals surface area contributed by atoms with Gasteiger partial charge in [0.05, 0.1) is 13.7 Å². The number of methoxy groups -OCH3 is 1. The fraction of sp³-hybridized carbons (Fsp3) is 0.538. The third kappa shape index (κ3) is 2.89. The Labute approximate surface area is 97.8 Å². The van der Waals surface area contributed by atoms with Crippen molar-refractivity contribution >= 4 is 0 Å². The first kappa shape index (κ1) is 12.8. The monoisotopic (exact) mass is 223 g/mol. The predicted molar refractivity (Wildman–Crippen MR) is 66.3 cm³/mol. The molecule has 0 bridgehead atoms. The van der Waals surface area contributed by atoms with E-state index < -0.39 is 0 Å². The first-order valence-electron chi connectivity index (χ1n) is 5.74. The highest BCUT2D eigenvalue weighted by molar-refractivity contribution is 5.43. The summed E-state index contributed by atoms with van der Waals surface area (Å²) in [6, 6.07) is 6.45. The molecule has 3 heteroatoms. The quantitative estimate of drug-likeness (QED) is 0.804. The SMILES string of the molecule is CCOc1ccc(C(CC)NC)cc1OC. The molecule has 0 aliphatic heterocycles. The van der Waals surface area contributed by atoms with Gasteiger partial charge in [-0.3, -0.25) is 0 Å². The van der Waals surface area contributed by atoms with E-state index in [2.05, 4.69) is 18.3 Å². The molecule has 0 saturated heterocycles. The van der Waals surface area contributed by atoms with Gasteiger partial charge >= 0.3 is 0 Å². The van der Waals surface area contributed by atoms with E-state index in [0.717, 1.165) is 17.9 Å². The maximum Gasteiger partial charge on any atom is 0.161 e. The topological polar surface area (TPSA) is 30.5 Å². The summed E-state index contributed by atoms with van der Waals surface area (Å²) in [7, 11) is 3.64. The molecule has 0 aromatic heterocycles. The lowest BCUT2D eigenvalue weighted by Crippen LogP contribution is -2.15. The van der Waals surface area contributed by atoms with Crippen LogP contribution >= 0.6 is 0 Å². The summed E-state index contributed by atoms with van der Waals surface area (Å²) in [4.78, 5) is 0. The molecule has 16 heavy (non-hydrogen) atoms. The van der Waals surface area contributed by atoms with Crippen LogP contribution in [0.15, 0.2) is 18.2 Å². The van der Waals surface area contributed by atoms with E-state index in [9.17, 15) is 0 Å². The number of hydrogen-bond donors (Lipinski definition) is 1. The molecule has 3 nitrogen and oxygen atoms in total. The van der Waals surface area contributed by atoms with E-state index in [4.69, 9.17) is 9.47 Å². The van der Waals surface area contributed by atoms with Crippen molar-refractivity contribution in [2.24, 2.45) is 0 Å². The van der Waals surface area contributed by atoms with Crippen molar-refractivity contribution in [1.29, 1.82) is 0 Å². The average Bonchev–Trinajstić information content (AvgIpc) is 2.32. The van der Waals surface area contributed by atoms with Gasteiger partial charge in [-0.15, -0.1) is 0 Å². The van der Waals surface area contributed by atoms with Crippen molar-refractivity contribution in [3.63, 3.8) is 0 Å². The third-order valence-electron chi connectivity index (χ3n) is 2.65. The van der Waals surface area contributed by atoms with E-state index in [0.29, 0.717) is 12.6 Å². The van der Waals surface area contributed by atoms with Crippen molar-refractivity contribution in [3.05, 3.63) is 23.8 Å². The van der Waals surface area contributed by atoms with Gasteiger partial charge < -0.3 is 14.8 Å². The van der Waals surface area contributed by atoms with Crippen LogP contribution in [0.25, 0.3) is 0 Å². The normalized spacial score (nSPS) is 12.2. The van der Waals surface area contributed by atoms with Crippen molar-refractivity contribution in [2.45, 2.75) is 26.3 Å². The first-order valence-corrected chi connectivity index (χ1v) is 5.74. The first-order chi connectivity index (χ1) is 7.76. The average molecular weight is 223 g/mol. The van der Waals surface area contributed by atoms with Crippen LogP contribution in [0, 0.1) is 0 Å². The Bertz CT molecular complexity index is 322. The lowest BCUT2D eigenvalue weighted by Gasteiger charge is -2.17. The maximum absolute atomic E-state index is 5.48. The fourth-order valence-corrected chi connectivity index (χ4v) is 1.78. The van der Waals surface area contributed by atoms with Gasteiger partial charge in [0, 0.05) is 6.04 Å². The Kier molecular flexibility index (Phi) is 5.12. The Morgan fingerprint density at radius 2 is 2.00 bits per heavy atom. The smallest absolute Gasteiger partial charge is 0.161 e. The fourth-order valence-electron chi connectivity index (χ4n) is 1.78. The Morgan fingerprint density at radius 3 is 2.50 bits per heavy atom. The second-order valence-electron chi connectivity index (χ2n) is 3.59. The number of nitrogens with one attached hydrogen (secondary N) is 1. The standard InChI is InChI=1S/C13H21NO2/c1-5-11(14-3)10-7-8-12(16-6-2)13(9-10)15-4/h7-9,11,14H,5-6H2,1-4H3. The van der Waals surface area contributed by atoms with E-state index in [1.165, 1.54) is 5.56 Å². The van der Waals surface area contributed by atoms with E-state index >= 15 is 0 Å². The van der Waals surface area contributed by atoms with Crippen molar-refractivity contribution < 1.29 is 9.47 Å². The molecule has 1 N–H and O–H groups in total. The van der Waals surface area contributed by atoms with Crippen molar-refractivity contribution in [1.82, 2.24) is 5.32 Å². The minimum Gasteiger partial charge on any atom is -0.493 e. The molecule has 1 unspecified atom stereocenters. The van der Waals surface area contributed by atoms with Gasteiger partial charge in [0.25, 0.3) is 0 Å². The van der Waals surface area contributed by atoms with Crippen LogP contribution in [0.2, 0.25) is 0 Å². The number of rotatable bonds is 6. The second-order valence-corrected chi connectivity index (χ2v) is 3.59. The lowest BCUT2D eigenvalue weighted by atomic mass is 10.0. The molecular formula is C13H21NO2. The molecule has 0 fully saturated rings. The molecule has 0 saturated carbocycles. The minimum absolute atomic E-state index is 0.365. The van der Waals surface area contributed by atoms with Gasteiger partial charge in [0.1, 0.15) is 0 Å². The van der Waals surface area contributed by atoms with E-state index in [-0.39, 0.29) is 0 Å². The molecule has 0 spiro atoms. The molecule has 90 valence electrons. The van der Waals surface area contributed by atoms with Crippen LogP contribution in [-0.4, -0.2) is 20.8 Å². The molecular weight excluding hydrogens is 202 g/mol. The summed E-state index contributed by atoms with van der Waals surface area (Å²) < 4.78 is 10.8. The van der Waals surface area contributed by atoms with Gasteiger partial charge in [-0.25, -0.2) is 0 Å². The largest absolute Gasteiger partial charge is 0.493 e. The Morgan fingerprint density at radius 1 is 1.25 bits per heavy atom. The number of ether oxygens (including phenoxy) is 2. The highest BCUT2D eigenvalue weighted by Gasteiger charge is 2.10. The summed E-state index contributed by atoms with van der Waals surface area (Å²) in [5.41, 5.74) is 1.23. The molecule has 1 rings (SSSR count). The van der Waals surface area contributed by atoms with Crippen LogP contribution in [0.3, 0.4) is 0 Å². The molecule has 0 heterocycles. The van der Waals surface area contributed by atoms with Gasteiger partial charge in [0.2, 0.25) is 0 Å². The number of benzene rings is 1. The summed E-state index contributed by atoms with van der Waals surface area (Å²) >= 11 is 0. The molecule has 0 aliphatic rings. The predicted octanol–water partition coefficient (Wildman–Crippen LogP) is 2.76. The maximum atomic E-state index is 5.48. The molecule has 0 amide bonds. The van der Waals surface area contributed by atoms with E-state index in [1.54, 1.807) is 7.11 Å². The highest BCUT2D eigenvalue weighted by Crippen LogP contribution is 2.30. The summed E-state index contributed by atoms with van der Waals surface area (Å²) in [6.07, 6.45) is 1.05. The van der Waals surface area contributed by atoms with Crippen LogP contribution in [0.4, 0.5) is 0 Å². The van der Waals surface area contributed by atoms with Crippen LogP contribution < -0.4 is 14.8 Å². The van der Waals surface area contributed by atoms with Crippen LogP contribution in [-0.2, 0) is 0 Å².